The molecule has 2 aromatic rings. The Kier molecular flexibility index (Phi) is 3.83. The van der Waals surface area contributed by atoms with Gasteiger partial charge in [0.25, 0.3) is 0 Å². The number of halogens is 1. The smallest absolute Gasteiger partial charge is 0.307 e. The number of aromatic nitrogens is 3. The number of carbonyl (C=O) groups is 1. The number of carboxylic acid groups (broad SMARTS) is 1. The zero-order valence-electron chi connectivity index (χ0n) is 10.9. The molecule has 1 aliphatic carbocycles. The van der Waals surface area contributed by atoms with Crippen LogP contribution in [0.1, 0.15) is 24.7 Å². The molecule has 0 spiro atoms. The van der Waals surface area contributed by atoms with Crippen LogP contribution in [0.15, 0.2) is 39.5 Å². The summed E-state index contributed by atoms with van der Waals surface area (Å²) in [6, 6.07) is 3.63. The highest BCUT2D eigenvalue weighted by Crippen LogP contribution is 2.35. The predicted octanol–water partition coefficient (Wildman–Crippen LogP) is 3.03. The molecule has 1 aliphatic rings. The largest absolute Gasteiger partial charge is 0.481 e. The predicted molar refractivity (Wildman–Crippen MR) is 77.5 cm³/mol. The van der Waals surface area contributed by atoms with Crippen LogP contribution in [0.3, 0.4) is 0 Å². The van der Waals surface area contributed by atoms with E-state index in [2.05, 4.69) is 31.1 Å². The molecule has 0 saturated carbocycles. The summed E-state index contributed by atoms with van der Waals surface area (Å²) in [6.45, 7) is 0. The number of rotatable bonds is 3. The average Bonchev–Trinajstić information content (AvgIpc) is 2.97. The normalized spacial score (nSPS) is 21.4. The standard InChI is InChI=1S/C14H12BrN3O3/c15-10-6-3-7-16-11(10)12-17-13(21-18-12)8-4-1-2-5-9(8)14(19)20/h1-3,6-9H,4-5H2,(H,19,20). The fraction of sp³-hybridized carbons (Fsp3) is 0.286. The van der Waals surface area contributed by atoms with Gasteiger partial charge in [-0.15, -0.1) is 0 Å². The van der Waals surface area contributed by atoms with Gasteiger partial charge < -0.3 is 9.63 Å². The van der Waals surface area contributed by atoms with Crippen molar-refractivity contribution in [3.63, 3.8) is 0 Å². The van der Waals surface area contributed by atoms with Gasteiger partial charge in [-0.2, -0.15) is 4.98 Å². The molecule has 0 saturated heterocycles. The fourth-order valence-electron chi connectivity index (χ4n) is 2.39. The van der Waals surface area contributed by atoms with Crippen molar-refractivity contribution in [1.29, 1.82) is 0 Å². The van der Waals surface area contributed by atoms with E-state index < -0.39 is 11.9 Å². The van der Waals surface area contributed by atoms with Crippen LogP contribution in [0.4, 0.5) is 0 Å². The van der Waals surface area contributed by atoms with Gasteiger partial charge in [0.05, 0.1) is 11.8 Å². The fourth-order valence-corrected chi connectivity index (χ4v) is 2.82. The molecule has 2 atom stereocenters. The van der Waals surface area contributed by atoms with Crippen LogP contribution in [0, 0.1) is 5.92 Å². The first kappa shape index (κ1) is 13.9. The molecule has 6 nitrogen and oxygen atoms in total. The lowest BCUT2D eigenvalue weighted by atomic mass is 9.83. The van der Waals surface area contributed by atoms with E-state index in [-0.39, 0.29) is 5.92 Å². The summed E-state index contributed by atoms with van der Waals surface area (Å²) in [5.74, 6) is -0.967. The van der Waals surface area contributed by atoms with Crippen molar-refractivity contribution in [3.05, 3.63) is 40.8 Å². The number of allylic oxidation sites excluding steroid dienone is 2. The van der Waals surface area contributed by atoms with Gasteiger partial charge in [-0.25, -0.2) is 0 Å². The second kappa shape index (κ2) is 5.77. The van der Waals surface area contributed by atoms with Crippen molar-refractivity contribution in [2.45, 2.75) is 18.8 Å². The van der Waals surface area contributed by atoms with Crippen LogP contribution >= 0.6 is 15.9 Å². The number of carboxylic acids is 1. The molecule has 3 rings (SSSR count). The molecule has 0 amide bonds. The third-order valence-corrected chi connectivity index (χ3v) is 4.12. The molecular weight excluding hydrogens is 338 g/mol. The number of hydrogen-bond donors (Lipinski definition) is 1. The molecule has 2 heterocycles. The van der Waals surface area contributed by atoms with Gasteiger partial charge in [0.1, 0.15) is 5.69 Å². The van der Waals surface area contributed by atoms with Crippen LogP contribution in [-0.4, -0.2) is 26.2 Å². The Morgan fingerprint density at radius 1 is 1.38 bits per heavy atom. The third kappa shape index (κ3) is 2.73. The molecule has 21 heavy (non-hydrogen) atoms. The topological polar surface area (TPSA) is 89.1 Å². The van der Waals surface area contributed by atoms with Crippen LogP contribution < -0.4 is 0 Å². The van der Waals surface area contributed by atoms with Crippen molar-refractivity contribution < 1.29 is 14.4 Å². The van der Waals surface area contributed by atoms with Crippen molar-refractivity contribution in [2.75, 3.05) is 0 Å². The van der Waals surface area contributed by atoms with Gasteiger partial charge in [0.15, 0.2) is 0 Å². The molecule has 2 unspecified atom stereocenters. The first-order chi connectivity index (χ1) is 10.2. The minimum Gasteiger partial charge on any atom is -0.481 e. The maximum atomic E-state index is 11.3. The highest BCUT2D eigenvalue weighted by Gasteiger charge is 2.34. The molecule has 1 N–H and O–H groups in total. The average molecular weight is 350 g/mol. The van der Waals surface area contributed by atoms with E-state index in [1.165, 1.54) is 0 Å². The Hall–Kier alpha value is -2.02. The Labute approximate surface area is 129 Å². The number of nitrogens with zero attached hydrogens (tertiary/aromatic N) is 3. The Morgan fingerprint density at radius 2 is 2.19 bits per heavy atom. The highest BCUT2D eigenvalue weighted by molar-refractivity contribution is 9.10. The number of hydrogen-bond acceptors (Lipinski definition) is 5. The number of aliphatic carboxylic acids is 1. The van der Waals surface area contributed by atoms with Crippen LogP contribution in [0.2, 0.25) is 0 Å². The summed E-state index contributed by atoms with van der Waals surface area (Å²) in [4.78, 5) is 19.9. The van der Waals surface area contributed by atoms with Gasteiger partial charge in [-0.3, -0.25) is 9.78 Å². The molecule has 0 fully saturated rings. The van der Waals surface area contributed by atoms with Gasteiger partial charge in [-0.05, 0) is 40.9 Å². The van der Waals surface area contributed by atoms with Crippen molar-refractivity contribution in [1.82, 2.24) is 15.1 Å². The van der Waals surface area contributed by atoms with Crippen molar-refractivity contribution in [2.24, 2.45) is 5.92 Å². The summed E-state index contributed by atoms with van der Waals surface area (Å²) in [5.41, 5.74) is 0.575. The first-order valence-electron chi connectivity index (χ1n) is 6.49. The van der Waals surface area contributed by atoms with Crippen molar-refractivity contribution in [3.8, 4) is 11.5 Å². The van der Waals surface area contributed by atoms with E-state index in [1.54, 1.807) is 12.3 Å². The SMILES string of the molecule is O=C(O)C1CC=CCC1c1nc(-c2ncccc2Br)no1. The Bertz CT molecular complexity index is 698. The molecule has 0 aliphatic heterocycles. The van der Waals surface area contributed by atoms with Crippen molar-refractivity contribution >= 4 is 21.9 Å². The monoisotopic (exact) mass is 349 g/mol. The maximum absolute atomic E-state index is 11.3. The summed E-state index contributed by atoms with van der Waals surface area (Å²) in [6.07, 6.45) is 6.53. The van der Waals surface area contributed by atoms with Crippen LogP contribution in [0.25, 0.3) is 11.5 Å². The van der Waals surface area contributed by atoms with Crippen LogP contribution in [-0.2, 0) is 4.79 Å². The summed E-state index contributed by atoms with van der Waals surface area (Å²) < 4.78 is 6.03. The molecular formula is C14H12BrN3O3. The van der Waals surface area contributed by atoms with Gasteiger partial charge in [0, 0.05) is 10.7 Å². The van der Waals surface area contributed by atoms with Gasteiger partial charge in [0.2, 0.25) is 11.7 Å². The Morgan fingerprint density at radius 3 is 2.95 bits per heavy atom. The minimum absolute atomic E-state index is 0.295. The van der Waals surface area contributed by atoms with E-state index in [0.29, 0.717) is 30.3 Å². The zero-order valence-corrected chi connectivity index (χ0v) is 12.5. The Balaban J connectivity index is 1.93. The zero-order chi connectivity index (χ0) is 14.8. The molecule has 0 radical (unpaired) electrons. The quantitative estimate of drug-likeness (QED) is 0.856. The first-order valence-corrected chi connectivity index (χ1v) is 7.28. The van der Waals surface area contributed by atoms with E-state index in [4.69, 9.17) is 4.52 Å². The molecule has 0 aromatic carbocycles. The summed E-state index contributed by atoms with van der Waals surface area (Å²) in [5, 5.41) is 13.2. The molecule has 108 valence electrons. The summed E-state index contributed by atoms with van der Waals surface area (Å²) >= 11 is 3.38. The summed E-state index contributed by atoms with van der Waals surface area (Å²) in [7, 11) is 0. The number of pyridine rings is 1. The third-order valence-electron chi connectivity index (χ3n) is 3.48. The van der Waals surface area contributed by atoms with Crippen LogP contribution in [0.5, 0.6) is 0 Å². The highest BCUT2D eigenvalue weighted by atomic mass is 79.9. The lowest BCUT2D eigenvalue weighted by Crippen LogP contribution is -2.23. The lowest BCUT2D eigenvalue weighted by Gasteiger charge is -2.21. The van der Waals surface area contributed by atoms with E-state index in [0.717, 1.165) is 4.47 Å². The molecule has 2 aromatic heterocycles. The van der Waals surface area contributed by atoms with Gasteiger partial charge >= 0.3 is 5.97 Å². The second-order valence-electron chi connectivity index (χ2n) is 4.78. The minimum atomic E-state index is -0.844. The second-order valence-corrected chi connectivity index (χ2v) is 5.64. The lowest BCUT2D eigenvalue weighted by molar-refractivity contribution is -0.142. The van der Waals surface area contributed by atoms with Gasteiger partial charge in [-0.1, -0.05) is 17.3 Å². The van der Waals surface area contributed by atoms with E-state index in [1.807, 2.05) is 18.2 Å². The molecule has 0 bridgehead atoms. The maximum Gasteiger partial charge on any atom is 0.307 e. The molecule has 7 heteroatoms. The van der Waals surface area contributed by atoms with E-state index >= 15 is 0 Å². The van der Waals surface area contributed by atoms with E-state index in [9.17, 15) is 9.90 Å².